The van der Waals surface area contributed by atoms with E-state index in [1.54, 1.807) is 37.2 Å². The molecule has 2 amide bonds. The number of fused-ring (bicyclic) bond motifs is 1. The van der Waals surface area contributed by atoms with Gasteiger partial charge in [0.05, 0.1) is 24.8 Å². The number of aromatic nitrogens is 1. The Morgan fingerprint density at radius 2 is 1.89 bits per heavy atom. The first-order chi connectivity index (χ1) is 17.3. The van der Waals surface area contributed by atoms with Gasteiger partial charge in [-0.3, -0.25) is 9.59 Å². The Bertz CT molecular complexity index is 1240. The Hall–Kier alpha value is -3.78. The predicted molar refractivity (Wildman–Crippen MR) is 134 cm³/mol. The lowest BCUT2D eigenvalue weighted by Crippen LogP contribution is -2.50. The Kier molecular flexibility index (Phi) is 7.64. The van der Waals surface area contributed by atoms with Crippen LogP contribution in [0.2, 0.25) is 0 Å². The van der Waals surface area contributed by atoms with Gasteiger partial charge in [0.15, 0.2) is 0 Å². The molecular weight excluding hydrogens is 461 g/mol. The summed E-state index contributed by atoms with van der Waals surface area (Å²) < 4.78 is 20.5. The molecule has 0 fully saturated rings. The van der Waals surface area contributed by atoms with E-state index < -0.39 is 23.9 Å². The molecule has 1 aromatic heterocycles. The molecule has 2 aromatic carbocycles. The average Bonchev–Trinajstić information content (AvgIpc) is 2.90. The Labute approximate surface area is 210 Å². The maximum atomic E-state index is 14.2. The molecule has 36 heavy (non-hydrogen) atoms. The van der Waals surface area contributed by atoms with E-state index in [1.165, 1.54) is 23.1 Å². The molecule has 3 atom stereocenters. The molecule has 4 rings (SSSR count). The number of nitrogens with zero attached hydrogens (tertiary/aromatic N) is 3. The fraction of sp³-hybridized carbons (Fsp3) is 0.321. The number of pyridine rings is 1. The van der Waals surface area contributed by atoms with Gasteiger partial charge in [0.2, 0.25) is 5.88 Å². The number of carbonyl (C=O) groups is 2. The van der Waals surface area contributed by atoms with Crippen LogP contribution in [0.25, 0.3) is 11.1 Å². The summed E-state index contributed by atoms with van der Waals surface area (Å²) in [6, 6.07) is 16.8. The number of aliphatic hydroxyl groups is 1. The second-order valence-electron chi connectivity index (χ2n) is 9.23. The Morgan fingerprint density at radius 3 is 2.58 bits per heavy atom. The van der Waals surface area contributed by atoms with Crippen LogP contribution in [-0.4, -0.2) is 70.6 Å². The summed E-state index contributed by atoms with van der Waals surface area (Å²) in [5.74, 6) is -1.37. The van der Waals surface area contributed by atoms with Crippen molar-refractivity contribution in [1.82, 2.24) is 14.8 Å². The minimum atomic E-state index is -0.588. The lowest BCUT2D eigenvalue weighted by atomic mass is 9.99. The largest absolute Gasteiger partial charge is 0.472 e. The zero-order valence-electron chi connectivity index (χ0n) is 20.6. The van der Waals surface area contributed by atoms with Crippen molar-refractivity contribution in [2.24, 2.45) is 5.92 Å². The van der Waals surface area contributed by atoms with Gasteiger partial charge in [-0.25, -0.2) is 9.37 Å². The van der Waals surface area contributed by atoms with Crippen molar-refractivity contribution in [1.29, 1.82) is 0 Å². The van der Waals surface area contributed by atoms with E-state index in [1.807, 2.05) is 37.3 Å². The van der Waals surface area contributed by atoms with Crippen molar-refractivity contribution in [3.8, 4) is 17.0 Å². The molecule has 188 valence electrons. The van der Waals surface area contributed by atoms with Crippen molar-refractivity contribution < 1.29 is 23.8 Å². The number of benzene rings is 2. The van der Waals surface area contributed by atoms with Crippen molar-refractivity contribution in [3.63, 3.8) is 0 Å². The minimum Gasteiger partial charge on any atom is -0.472 e. The molecule has 0 spiro atoms. The van der Waals surface area contributed by atoms with Crippen molar-refractivity contribution >= 4 is 11.8 Å². The van der Waals surface area contributed by atoms with E-state index in [2.05, 4.69) is 4.98 Å². The van der Waals surface area contributed by atoms with Gasteiger partial charge in [-0.2, -0.15) is 0 Å². The summed E-state index contributed by atoms with van der Waals surface area (Å²) >= 11 is 0. The third kappa shape index (κ3) is 5.23. The minimum absolute atomic E-state index is 0.0183. The highest BCUT2D eigenvalue weighted by Crippen LogP contribution is 2.30. The first-order valence-corrected chi connectivity index (χ1v) is 11.9. The summed E-state index contributed by atoms with van der Waals surface area (Å²) in [4.78, 5) is 34.0. The van der Waals surface area contributed by atoms with Gasteiger partial charge in [-0.1, -0.05) is 49.4 Å². The lowest BCUT2D eigenvalue weighted by molar-refractivity contribution is 0.0312. The number of hydrogen-bond acceptors (Lipinski definition) is 5. The number of amides is 2. The van der Waals surface area contributed by atoms with Gasteiger partial charge in [0.25, 0.3) is 11.8 Å². The number of halogens is 1. The summed E-state index contributed by atoms with van der Waals surface area (Å²) in [7, 11) is 1.59. The summed E-state index contributed by atoms with van der Waals surface area (Å²) in [5, 5.41) is 9.84. The molecule has 7 nitrogen and oxygen atoms in total. The molecule has 0 saturated carbocycles. The highest BCUT2D eigenvalue weighted by atomic mass is 19.1. The number of carbonyl (C=O) groups excluding carboxylic acids is 2. The van der Waals surface area contributed by atoms with Crippen LogP contribution in [0.15, 0.2) is 66.9 Å². The normalized spacial score (nSPS) is 18.5. The smallest absolute Gasteiger partial charge is 0.259 e. The zero-order valence-corrected chi connectivity index (χ0v) is 20.6. The van der Waals surface area contributed by atoms with Crippen molar-refractivity contribution in [2.75, 3.05) is 26.7 Å². The maximum Gasteiger partial charge on any atom is 0.259 e. The number of ether oxygens (including phenoxy) is 1. The number of rotatable bonds is 6. The molecule has 0 unspecified atom stereocenters. The van der Waals surface area contributed by atoms with E-state index in [-0.39, 0.29) is 42.0 Å². The summed E-state index contributed by atoms with van der Waals surface area (Å²) in [5.41, 5.74) is 1.94. The van der Waals surface area contributed by atoms with Gasteiger partial charge >= 0.3 is 0 Å². The quantitative estimate of drug-likeness (QED) is 0.566. The lowest BCUT2D eigenvalue weighted by Gasteiger charge is -2.37. The summed E-state index contributed by atoms with van der Waals surface area (Å²) in [6.07, 6.45) is 1.12. The molecule has 0 aliphatic carbocycles. The first-order valence-electron chi connectivity index (χ1n) is 11.9. The van der Waals surface area contributed by atoms with E-state index >= 15 is 0 Å². The van der Waals surface area contributed by atoms with E-state index in [9.17, 15) is 19.1 Å². The SMILES string of the molecule is C[C@@H]1CN([C@H](C)CO)C(=O)c2cc(-c3ccccc3)cnc2O[C@H]1CN(C)C(=O)c1ccccc1F. The van der Waals surface area contributed by atoms with Crippen molar-refractivity contribution in [2.45, 2.75) is 26.0 Å². The fourth-order valence-electron chi connectivity index (χ4n) is 4.30. The molecule has 8 heteroatoms. The maximum absolute atomic E-state index is 14.2. The number of aliphatic hydroxyl groups excluding tert-OH is 1. The molecule has 0 saturated heterocycles. The molecule has 1 N–H and O–H groups in total. The molecule has 3 aromatic rings. The first kappa shape index (κ1) is 25.3. The molecule has 2 heterocycles. The van der Waals surface area contributed by atoms with Gasteiger partial charge in [0.1, 0.15) is 17.5 Å². The van der Waals surface area contributed by atoms with Crippen LogP contribution in [0.4, 0.5) is 4.39 Å². The molecule has 0 radical (unpaired) electrons. The average molecular weight is 492 g/mol. The zero-order chi connectivity index (χ0) is 25.8. The van der Waals surface area contributed by atoms with Crippen LogP contribution < -0.4 is 4.74 Å². The Morgan fingerprint density at radius 1 is 1.19 bits per heavy atom. The van der Waals surface area contributed by atoms with Gasteiger partial charge in [-0.05, 0) is 30.7 Å². The van der Waals surface area contributed by atoms with Gasteiger partial charge in [-0.15, -0.1) is 0 Å². The summed E-state index contributed by atoms with van der Waals surface area (Å²) in [6.45, 7) is 3.97. The third-order valence-electron chi connectivity index (χ3n) is 6.53. The number of likely N-dealkylation sites (N-methyl/N-ethyl adjacent to an activating group) is 1. The van der Waals surface area contributed by atoms with E-state index in [0.29, 0.717) is 6.54 Å². The molecule has 1 aliphatic rings. The highest BCUT2D eigenvalue weighted by Gasteiger charge is 2.35. The van der Waals surface area contributed by atoms with Crippen molar-refractivity contribution in [3.05, 3.63) is 83.8 Å². The fourth-order valence-corrected chi connectivity index (χ4v) is 4.30. The second kappa shape index (κ2) is 10.9. The van der Waals surface area contributed by atoms with Crippen LogP contribution in [-0.2, 0) is 0 Å². The molecule has 1 aliphatic heterocycles. The van der Waals surface area contributed by atoms with Crippen LogP contribution in [0, 0.1) is 11.7 Å². The highest BCUT2D eigenvalue weighted by molar-refractivity contribution is 5.98. The monoisotopic (exact) mass is 491 g/mol. The van der Waals surface area contributed by atoms with Crippen LogP contribution >= 0.6 is 0 Å². The third-order valence-corrected chi connectivity index (χ3v) is 6.53. The molecular formula is C28H30FN3O4. The van der Waals surface area contributed by atoms with E-state index in [0.717, 1.165) is 11.1 Å². The van der Waals surface area contributed by atoms with Gasteiger partial charge < -0.3 is 19.6 Å². The standard InChI is InChI=1S/C28H30FN3O4/c1-18-15-32(19(2)17-33)28(35)23-13-21(20-9-5-4-6-10-20)14-30-26(23)36-25(18)16-31(3)27(34)22-11-7-8-12-24(22)29/h4-14,18-19,25,33H,15-17H2,1-3H3/t18-,19-,25+/m1/s1. The van der Waals surface area contributed by atoms with Gasteiger partial charge in [0, 0.05) is 31.3 Å². The number of hydrogen-bond donors (Lipinski definition) is 1. The predicted octanol–water partition coefficient (Wildman–Crippen LogP) is 3.88. The molecule has 0 bridgehead atoms. The second-order valence-corrected chi connectivity index (χ2v) is 9.23. The van der Waals surface area contributed by atoms with Crippen LogP contribution in [0.1, 0.15) is 34.6 Å². The Balaban J connectivity index is 1.68. The topological polar surface area (TPSA) is 83.0 Å². The van der Waals surface area contributed by atoms with E-state index in [4.69, 9.17) is 4.74 Å². The van der Waals surface area contributed by atoms with Crippen LogP contribution in [0.3, 0.4) is 0 Å². The van der Waals surface area contributed by atoms with Crippen LogP contribution in [0.5, 0.6) is 5.88 Å².